The third-order valence-corrected chi connectivity index (χ3v) is 5.78. The van der Waals surface area contributed by atoms with Crippen molar-refractivity contribution in [1.29, 1.82) is 0 Å². The van der Waals surface area contributed by atoms with Gasteiger partial charge in [0.15, 0.2) is 11.6 Å². The van der Waals surface area contributed by atoms with Crippen LogP contribution in [0.2, 0.25) is 5.02 Å². The van der Waals surface area contributed by atoms with E-state index in [-0.39, 0.29) is 40.7 Å². The first-order valence-electron chi connectivity index (χ1n) is 9.99. The summed E-state index contributed by atoms with van der Waals surface area (Å²) in [5, 5.41) is -0.341. The molecule has 0 spiro atoms. The Morgan fingerprint density at radius 2 is 1.88 bits per heavy atom. The minimum atomic E-state index is -0.739. The molecule has 0 saturated carbocycles. The number of benzene rings is 2. The molecule has 4 rings (SSSR count). The van der Waals surface area contributed by atoms with Crippen molar-refractivity contribution in [2.75, 3.05) is 18.8 Å². The molecule has 9 heteroatoms. The van der Waals surface area contributed by atoms with Gasteiger partial charge in [-0.2, -0.15) is 0 Å². The second-order valence-corrected chi connectivity index (χ2v) is 7.97. The summed E-state index contributed by atoms with van der Waals surface area (Å²) in [4.78, 5) is 18.5. The molecule has 1 saturated heterocycles. The summed E-state index contributed by atoms with van der Waals surface area (Å²) < 4.78 is 33.2. The average molecular weight is 459 g/mol. The number of carbonyl (C=O) groups excluding carboxylic acids is 1. The van der Waals surface area contributed by atoms with Crippen LogP contribution in [0, 0.1) is 11.6 Å². The SMILES string of the molecule is Nc1ncc(-c2ccc(C(=O)N3CC[C@H](N)C3)cc2)cc1OCc1c(F)ccc(F)c1Cl. The molecule has 2 heterocycles. The first-order chi connectivity index (χ1) is 15.3. The van der Waals surface area contributed by atoms with E-state index in [0.29, 0.717) is 24.2 Å². The summed E-state index contributed by atoms with van der Waals surface area (Å²) >= 11 is 5.85. The maximum Gasteiger partial charge on any atom is 0.253 e. The monoisotopic (exact) mass is 458 g/mol. The molecule has 3 aromatic rings. The molecule has 1 atom stereocenters. The topological polar surface area (TPSA) is 94.5 Å². The van der Waals surface area contributed by atoms with Gasteiger partial charge in [-0.15, -0.1) is 0 Å². The lowest BCUT2D eigenvalue weighted by atomic mass is 10.0. The minimum absolute atomic E-state index is 0.0215. The van der Waals surface area contributed by atoms with Crippen LogP contribution in [0.4, 0.5) is 14.6 Å². The van der Waals surface area contributed by atoms with Crippen LogP contribution in [0.25, 0.3) is 11.1 Å². The van der Waals surface area contributed by atoms with E-state index in [1.807, 2.05) is 0 Å². The second kappa shape index (κ2) is 9.10. The van der Waals surface area contributed by atoms with Gasteiger partial charge in [0, 0.05) is 42.0 Å². The van der Waals surface area contributed by atoms with Crippen molar-refractivity contribution in [1.82, 2.24) is 9.88 Å². The second-order valence-electron chi connectivity index (χ2n) is 7.60. The van der Waals surface area contributed by atoms with Gasteiger partial charge < -0.3 is 21.1 Å². The Morgan fingerprint density at radius 1 is 1.16 bits per heavy atom. The highest BCUT2D eigenvalue weighted by Gasteiger charge is 2.24. The molecule has 0 unspecified atom stereocenters. The summed E-state index contributed by atoms with van der Waals surface area (Å²) in [5.41, 5.74) is 13.7. The van der Waals surface area contributed by atoms with Gasteiger partial charge in [0.1, 0.15) is 18.2 Å². The number of nitrogens with two attached hydrogens (primary N) is 2. The third kappa shape index (κ3) is 4.51. The predicted molar refractivity (Wildman–Crippen MR) is 118 cm³/mol. The number of halogens is 3. The Morgan fingerprint density at radius 3 is 2.56 bits per heavy atom. The van der Waals surface area contributed by atoms with Crippen LogP contribution < -0.4 is 16.2 Å². The van der Waals surface area contributed by atoms with Gasteiger partial charge in [-0.05, 0) is 42.3 Å². The zero-order valence-corrected chi connectivity index (χ0v) is 17.8. The van der Waals surface area contributed by atoms with Crippen LogP contribution in [-0.2, 0) is 6.61 Å². The summed E-state index contributed by atoms with van der Waals surface area (Å²) in [5.74, 6) is -1.18. The molecule has 0 aliphatic carbocycles. The standard InChI is InChI=1S/C23H21ClF2N4O2/c24-21-17(18(25)5-6-19(21)26)12-32-20-9-15(10-29-22(20)28)13-1-3-14(4-2-13)23(31)30-8-7-16(27)11-30/h1-6,9-10,16H,7-8,11-12,27H2,(H2,28,29)/t16-/m0/s1. The van der Waals surface area contributed by atoms with E-state index in [1.165, 1.54) is 0 Å². The van der Waals surface area contributed by atoms with Gasteiger partial charge in [0.05, 0.1) is 5.02 Å². The molecule has 1 aromatic heterocycles. The lowest BCUT2D eigenvalue weighted by molar-refractivity contribution is 0.0791. The van der Waals surface area contributed by atoms with Gasteiger partial charge in [0.2, 0.25) is 0 Å². The number of rotatable bonds is 5. The first kappa shape index (κ1) is 22.0. The smallest absolute Gasteiger partial charge is 0.253 e. The van der Waals surface area contributed by atoms with Gasteiger partial charge >= 0.3 is 0 Å². The highest BCUT2D eigenvalue weighted by molar-refractivity contribution is 6.31. The van der Waals surface area contributed by atoms with Crippen LogP contribution in [0.5, 0.6) is 5.75 Å². The third-order valence-electron chi connectivity index (χ3n) is 5.37. The molecule has 0 radical (unpaired) electrons. The van der Waals surface area contributed by atoms with Crippen molar-refractivity contribution in [2.45, 2.75) is 19.1 Å². The highest BCUT2D eigenvalue weighted by Crippen LogP contribution is 2.30. The molecule has 6 nitrogen and oxygen atoms in total. The van der Waals surface area contributed by atoms with Gasteiger partial charge in [-0.3, -0.25) is 4.79 Å². The summed E-state index contributed by atoms with van der Waals surface area (Å²) in [6.45, 7) is 0.891. The van der Waals surface area contributed by atoms with Gasteiger partial charge in [-0.25, -0.2) is 13.8 Å². The minimum Gasteiger partial charge on any atom is -0.485 e. The fourth-order valence-corrected chi connectivity index (χ4v) is 3.75. The lowest BCUT2D eigenvalue weighted by Crippen LogP contribution is -2.31. The van der Waals surface area contributed by atoms with Crippen molar-refractivity contribution < 1.29 is 18.3 Å². The van der Waals surface area contributed by atoms with Crippen LogP contribution >= 0.6 is 11.6 Å². The number of aromatic nitrogens is 1. The molecule has 1 amide bonds. The number of nitrogen functional groups attached to an aromatic ring is 1. The number of ether oxygens (including phenoxy) is 1. The molecule has 166 valence electrons. The fourth-order valence-electron chi connectivity index (χ4n) is 3.54. The Hall–Kier alpha value is -3.23. The van der Waals surface area contributed by atoms with E-state index in [9.17, 15) is 13.6 Å². The Bertz CT molecular complexity index is 1160. The van der Waals surface area contributed by atoms with E-state index in [0.717, 1.165) is 24.1 Å². The molecule has 1 aliphatic heterocycles. The van der Waals surface area contributed by atoms with Crippen LogP contribution in [0.3, 0.4) is 0 Å². The van der Waals surface area contributed by atoms with Crippen LogP contribution in [0.1, 0.15) is 22.3 Å². The molecule has 1 fully saturated rings. The van der Waals surface area contributed by atoms with Crippen molar-refractivity contribution in [3.63, 3.8) is 0 Å². The largest absolute Gasteiger partial charge is 0.485 e. The van der Waals surface area contributed by atoms with Gasteiger partial charge in [-0.1, -0.05) is 23.7 Å². The zero-order chi connectivity index (χ0) is 22.8. The quantitative estimate of drug-likeness (QED) is 0.563. The number of nitrogens with zero attached hydrogens (tertiary/aromatic N) is 2. The summed E-state index contributed by atoms with van der Waals surface area (Å²) in [6.07, 6.45) is 2.36. The van der Waals surface area contributed by atoms with Crippen LogP contribution in [-0.4, -0.2) is 34.9 Å². The van der Waals surface area contributed by atoms with Crippen molar-refractivity contribution >= 4 is 23.3 Å². The Kier molecular flexibility index (Phi) is 6.25. The number of anilines is 1. The van der Waals surface area contributed by atoms with E-state index in [4.69, 9.17) is 27.8 Å². The normalized spacial score (nSPS) is 15.8. The van der Waals surface area contributed by atoms with Crippen molar-refractivity contribution in [2.24, 2.45) is 5.73 Å². The van der Waals surface area contributed by atoms with E-state index in [1.54, 1.807) is 41.4 Å². The number of amides is 1. The van der Waals surface area contributed by atoms with Crippen molar-refractivity contribution in [3.8, 4) is 16.9 Å². The van der Waals surface area contributed by atoms with E-state index >= 15 is 0 Å². The molecule has 1 aliphatic rings. The number of pyridine rings is 1. The molecule has 2 aromatic carbocycles. The summed E-state index contributed by atoms with van der Waals surface area (Å²) in [7, 11) is 0. The number of hydrogen-bond acceptors (Lipinski definition) is 5. The maximum atomic E-state index is 14.0. The number of carbonyl (C=O) groups is 1. The molecule has 0 bridgehead atoms. The zero-order valence-electron chi connectivity index (χ0n) is 17.0. The average Bonchev–Trinajstić information content (AvgIpc) is 3.23. The van der Waals surface area contributed by atoms with Gasteiger partial charge in [0.25, 0.3) is 5.91 Å². The first-order valence-corrected chi connectivity index (χ1v) is 10.4. The molecule has 32 heavy (non-hydrogen) atoms. The van der Waals surface area contributed by atoms with Crippen molar-refractivity contribution in [3.05, 3.63) is 76.4 Å². The predicted octanol–water partition coefficient (Wildman–Crippen LogP) is 4.01. The van der Waals surface area contributed by atoms with Crippen LogP contribution in [0.15, 0.2) is 48.7 Å². The van der Waals surface area contributed by atoms with E-state index < -0.39 is 11.6 Å². The summed E-state index contributed by atoms with van der Waals surface area (Å²) in [6, 6.07) is 10.7. The molecule has 4 N–H and O–H groups in total. The number of hydrogen-bond donors (Lipinski definition) is 2. The lowest BCUT2D eigenvalue weighted by Gasteiger charge is -2.16. The molecular formula is C23H21ClF2N4O2. The molecular weight excluding hydrogens is 438 g/mol. The van der Waals surface area contributed by atoms with E-state index in [2.05, 4.69) is 4.98 Å². The number of likely N-dealkylation sites (tertiary alicyclic amines) is 1. The Balaban J connectivity index is 1.51. The Labute approximate surface area is 188 Å². The maximum absolute atomic E-state index is 14.0. The highest BCUT2D eigenvalue weighted by atomic mass is 35.5. The fraction of sp³-hybridized carbons (Fsp3) is 0.217.